The standard InChI is InChI=1S/C21H19N7O2S/c1-4-14(2)15-5-6-20-23-11-21(27(20)13-15)31(29,30)28-19-7-16(8-22-18(19)10-25-28)17-9-24-26(3)12-17/h4-13H,1-3H3. The molecule has 0 aliphatic heterocycles. The normalized spacial score (nSPS) is 12.8. The molecule has 9 nitrogen and oxygen atoms in total. The van der Waals surface area contributed by atoms with Crippen molar-refractivity contribution in [2.45, 2.75) is 18.9 Å². The summed E-state index contributed by atoms with van der Waals surface area (Å²) < 4.78 is 31.4. The van der Waals surface area contributed by atoms with Crippen molar-refractivity contribution in [3.8, 4) is 11.1 Å². The Morgan fingerprint density at radius 1 is 1.00 bits per heavy atom. The molecular weight excluding hydrogens is 414 g/mol. The minimum absolute atomic E-state index is 0.0324. The Hall–Kier alpha value is -3.79. The van der Waals surface area contributed by atoms with Gasteiger partial charge >= 0.3 is 10.0 Å². The third-order valence-electron chi connectivity index (χ3n) is 5.28. The first-order valence-corrected chi connectivity index (χ1v) is 11.0. The minimum Gasteiger partial charge on any atom is -0.288 e. The molecular formula is C21H19N7O2S. The van der Waals surface area contributed by atoms with Gasteiger partial charge in [0.05, 0.1) is 18.6 Å². The van der Waals surface area contributed by atoms with Gasteiger partial charge in [-0.15, -0.1) is 0 Å². The zero-order valence-corrected chi connectivity index (χ0v) is 17.9. The first-order chi connectivity index (χ1) is 14.9. The van der Waals surface area contributed by atoms with Gasteiger partial charge in [-0.05, 0) is 43.2 Å². The molecule has 0 saturated carbocycles. The molecule has 31 heavy (non-hydrogen) atoms. The van der Waals surface area contributed by atoms with Crippen LogP contribution < -0.4 is 0 Å². The second kappa shape index (κ2) is 6.88. The average Bonchev–Trinajstić information content (AvgIpc) is 3.49. The van der Waals surface area contributed by atoms with Crippen LogP contribution in [-0.4, -0.2) is 41.8 Å². The van der Waals surface area contributed by atoms with E-state index >= 15 is 0 Å². The molecule has 0 atom stereocenters. The summed E-state index contributed by atoms with van der Waals surface area (Å²) in [6, 6.07) is 5.47. The summed E-state index contributed by atoms with van der Waals surface area (Å²) in [5.74, 6) is 0. The Balaban J connectivity index is 1.69. The number of hydrogen-bond donors (Lipinski definition) is 0. The zero-order valence-electron chi connectivity index (χ0n) is 17.1. The topological polar surface area (TPSA) is 100.0 Å². The highest BCUT2D eigenvalue weighted by Crippen LogP contribution is 2.26. The van der Waals surface area contributed by atoms with E-state index in [0.717, 1.165) is 26.4 Å². The van der Waals surface area contributed by atoms with Crippen LogP contribution >= 0.6 is 0 Å². The van der Waals surface area contributed by atoms with Gasteiger partial charge in [0.15, 0.2) is 5.03 Å². The van der Waals surface area contributed by atoms with E-state index in [-0.39, 0.29) is 5.03 Å². The third kappa shape index (κ3) is 3.03. The van der Waals surface area contributed by atoms with Gasteiger partial charge in [0.2, 0.25) is 0 Å². The molecule has 0 aliphatic rings. The van der Waals surface area contributed by atoms with E-state index in [9.17, 15) is 8.42 Å². The van der Waals surface area contributed by atoms with Gasteiger partial charge in [-0.2, -0.15) is 22.7 Å². The monoisotopic (exact) mass is 433 g/mol. The molecule has 0 saturated heterocycles. The largest absolute Gasteiger partial charge is 0.301 e. The molecule has 156 valence electrons. The summed E-state index contributed by atoms with van der Waals surface area (Å²) in [6.45, 7) is 3.91. The fourth-order valence-electron chi connectivity index (χ4n) is 3.44. The Morgan fingerprint density at radius 2 is 1.84 bits per heavy atom. The second-order valence-corrected chi connectivity index (χ2v) is 8.95. The van der Waals surface area contributed by atoms with Crippen molar-refractivity contribution in [2.24, 2.45) is 7.05 Å². The van der Waals surface area contributed by atoms with Crippen molar-refractivity contribution in [3.05, 3.63) is 67.0 Å². The van der Waals surface area contributed by atoms with Gasteiger partial charge in [0, 0.05) is 36.8 Å². The smallest absolute Gasteiger partial charge is 0.288 e. The van der Waals surface area contributed by atoms with Gasteiger partial charge in [-0.25, -0.2) is 4.98 Å². The molecule has 0 amide bonds. The first-order valence-electron chi connectivity index (χ1n) is 9.57. The van der Waals surface area contributed by atoms with E-state index in [1.54, 1.807) is 39.8 Å². The van der Waals surface area contributed by atoms with Crippen LogP contribution in [0.5, 0.6) is 0 Å². The van der Waals surface area contributed by atoms with E-state index in [1.807, 2.05) is 39.2 Å². The maximum Gasteiger partial charge on any atom is 0.301 e. The van der Waals surface area contributed by atoms with Crippen molar-refractivity contribution in [3.63, 3.8) is 0 Å². The van der Waals surface area contributed by atoms with Crippen LogP contribution in [-0.2, 0) is 17.1 Å². The molecule has 5 aromatic rings. The maximum atomic E-state index is 13.6. The summed E-state index contributed by atoms with van der Waals surface area (Å²) in [5, 5.41) is 8.34. The number of rotatable bonds is 4. The van der Waals surface area contributed by atoms with E-state index in [4.69, 9.17) is 0 Å². The Morgan fingerprint density at radius 3 is 2.58 bits per heavy atom. The van der Waals surface area contributed by atoms with Crippen LogP contribution in [0.25, 0.3) is 33.4 Å². The van der Waals surface area contributed by atoms with Crippen LogP contribution in [0.4, 0.5) is 0 Å². The van der Waals surface area contributed by atoms with Crippen molar-refractivity contribution in [1.82, 2.24) is 33.3 Å². The summed E-state index contributed by atoms with van der Waals surface area (Å²) >= 11 is 0. The number of aryl methyl sites for hydroxylation is 1. The molecule has 0 radical (unpaired) electrons. The lowest BCUT2D eigenvalue weighted by Crippen LogP contribution is -2.16. The quantitative estimate of drug-likeness (QED) is 0.432. The summed E-state index contributed by atoms with van der Waals surface area (Å²) in [5.41, 5.74) is 4.94. The van der Waals surface area contributed by atoms with Crippen LogP contribution in [0.15, 0.2) is 66.5 Å². The van der Waals surface area contributed by atoms with Crippen LogP contribution in [0.1, 0.15) is 19.4 Å². The fourth-order valence-corrected chi connectivity index (χ4v) is 4.78. The predicted octanol–water partition coefficient (Wildman–Crippen LogP) is 3.14. The molecule has 5 aromatic heterocycles. The van der Waals surface area contributed by atoms with Crippen molar-refractivity contribution >= 4 is 32.3 Å². The van der Waals surface area contributed by atoms with Gasteiger partial charge in [-0.3, -0.25) is 14.1 Å². The second-order valence-electron chi connectivity index (χ2n) is 7.24. The van der Waals surface area contributed by atoms with Gasteiger partial charge in [0.25, 0.3) is 0 Å². The average molecular weight is 433 g/mol. The SMILES string of the molecule is CC=C(C)c1ccc2ncc(S(=O)(=O)n3ncc4ncc(-c5cnn(C)c5)cc43)n2c1. The number of allylic oxidation sites excluding steroid dienone is 2. The summed E-state index contributed by atoms with van der Waals surface area (Å²) in [7, 11) is -2.20. The molecule has 0 fully saturated rings. The van der Waals surface area contributed by atoms with Crippen LogP contribution in [0.3, 0.4) is 0 Å². The molecule has 0 bridgehead atoms. The Kier molecular flexibility index (Phi) is 4.26. The van der Waals surface area contributed by atoms with Crippen LogP contribution in [0.2, 0.25) is 0 Å². The highest BCUT2D eigenvalue weighted by molar-refractivity contribution is 7.90. The van der Waals surface area contributed by atoms with Gasteiger partial charge < -0.3 is 0 Å². The molecule has 0 N–H and O–H groups in total. The molecule has 0 aromatic carbocycles. The summed E-state index contributed by atoms with van der Waals surface area (Å²) in [6.07, 6.45) is 11.8. The van der Waals surface area contributed by atoms with Gasteiger partial charge in [0.1, 0.15) is 16.7 Å². The lowest BCUT2D eigenvalue weighted by atomic mass is 10.1. The van der Waals surface area contributed by atoms with E-state index in [2.05, 4.69) is 20.2 Å². The Labute approximate surface area is 178 Å². The number of fused-ring (bicyclic) bond motifs is 2. The zero-order chi connectivity index (χ0) is 21.8. The third-order valence-corrected chi connectivity index (χ3v) is 6.86. The van der Waals surface area contributed by atoms with Crippen molar-refractivity contribution < 1.29 is 8.42 Å². The molecule has 5 rings (SSSR count). The maximum absolute atomic E-state index is 13.6. The lowest BCUT2D eigenvalue weighted by molar-refractivity contribution is 0.577. The molecule has 0 spiro atoms. The number of pyridine rings is 2. The van der Waals surface area contributed by atoms with Crippen molar-refractivity contribution in [1.29, 1.82) is 0 Å². The number of hydrogen-bond acceptors (Lipinski definition) is 6. The van der Waals surface area contributed by atoms with Crippen molar-refractivity contribution in [2.75, 3.05) is 0 Å². The predicted molar refractivity (Wildman–Crippen MR) is 117 cm³/mol. The number of imidazole rings is 1. The summed E-state index contributed by atoms with van der Waals surface area (Å²) in [4.78, 5) is 8.64. The fraction of sp³-hybridized carbons (Fsp3) is 0.143. The first kappa shape index (κ1) is 19.2. The molecule has 0 aliphatic carbocycles. The molecule has 10 heteroatoms. The highest BCUT2D eigenvalue weighted by Gasteiger charge is 2.25. The minimum atomic E-state index is -4.02. The van der Waals surface area contributed by atoms with E-state index in [1.165, 1.54) is 12.4 Å². The molecule has 0 unspecified atom stereocenters. The van der Waals surface area contributed by atoms with Crippen LogP contribution in [0, 0.1) is 0 Å². The van der Waals surface area contributed by atoms with E-state index < -0.39 is 10.0 Å². The number of nitrogens with zero attached hydrogens (tertiary/aromatic N) is 7. The number of aromatic nitrogens is 7. The highest BCUT2D eigenvalue weighted by atomic mass is 32.2. The molecule has 5 heterocycles. The van der Waals surface area contributed by atoms with Gasteiger partial charge in [-0.1, -0.05) is 6.08 Å². The van der Waals surface area contributed by atoms with E-state index in [0.29, 0.717) is 16.7 Å². The Bertz CT molecular complexity index is 1590. The lowest BCUT2D eigenvalue weighted by Gasteiger charge is -2.08.